The van der Waals surface area contributed by atoms with E-state index < -0.39 is 0 Å². The normalized spacial score (nSPS) is 35.3. The van der Waals surface area contributed by atoms with Gasteiger partial charge in [0.2, 0.25) is 0 Å². The highest BCUT2D eigenvalue weighted by molar-refractivity contribution is 5.84. The molecule has 2 saturated heterocycles. The van der Waals surface area contributed by atoms with Crippen LogP contribution in [0.3, 0.4) is 0 Å². The maximum atomic E-state index is 12.3. The molecular weight excluding hydrogens is 300 g/mol. The molecule has 1 N–H and O–H groups in total. The van der Waals surface area contributed by atoms with Crippen molar-refractivity contribution in [1.29, 1.82) is 0 Å². The van der Waals surface area contributed by atoms with Gasteiger partial charge in [-0.15, -0.1) is 0 Å². The molecule has 1 aromatic rings. The Kier molecular flexibility index (Phi) is 4.25. The van der Waals surface area contributed by atoms with Crippen molar-refractivity contribution in [3.63, 3.8) is 0 Å². The third kappa shape index (κ3) is 2.92. The van der Waals surface area contributed by atoms with E-state index in [0.29, 0.717) is 23.9 Å². The summed E-state index contributed by atoms with van der Waals surface area (Å²) in [6.45, 7) is 5.63. The smallest absolute Gasteiger partial charge is 0.411 e. The van der Waals surface area contributed by atoms with Gasteiger partial charge in [-0.1, -0.05) is 24.1 Å². The van der Waals surface area contributed by atoms with E-state index in [4.69, 9.17) is 4.74 Å². The van der Waals surface area contributed by atoms with Gasteiger partial charge in [0.05, 0.1) is 0 Å². The molecule has 2 aliphatic heterocycles. The summed E-state index contributed by atoms with van der Waals surface area (Å²) >= 11 is 0. The lowest BCUT2D eigenvalue weighted by Gasteiger charge is -2.47. The van der Waals surface area contributed by atoms with Crippen LogP contribution in [-0.4, -0.2) is 35.7 Å². The Hall–Kier alpha value is -1.55. The molecule has 4 heteroatoms. The first-order chi connectivity index (χ1) is 11.6. The summed E-state index contributed by atoms with van der Waals surface area (Å²) in [6, 6.07) is 9.10. The van der Waals surface area contributed by atoms with Crippen LogP contribution in [-0.2, 0) is 4.74 Å². The number of hydrogen-bond acceptors (Lipinski definition) is 3. The average molecular weight is 328 g/mol. The number of piperidine rings is 2. The van der Waals surface area contributed by atoms with Crippen LogP contribution < -0.4 is 5.32 Å². The van der Waals surface area contributed by atoms with Crippen LogP contribution in [0.25, 0.3) is 0 Å². The van der Waals surface area contributed by atoms with Crippen molar-refractivity contribution >= 4 is 11.8 Å². The first-order valence-electron chi connectivity index (χ1n) is 9.42. The van der Waals surface area contributed by atoms with Crippen LogP contribution in [0.2, 0.25) is 0 Å². The van der Waals surface area contributed by atoms with Crippen molar-refractivity contribution in [3.05, 3.63) is 29.8 Å². The molecule has 2 bridgehead atoms. The van der Waals surface area contributed by atoms with Crippen LogP contribution in [0.5, 0.6) is 0 Å². The number of hydrogen-bond donors (Lipinski definition) is 1. The minimum Gasteiger partial charge on any atom is -0.446 e. The fraction of sp³-hybridized carbons (Fsp3) is 0.650. The molecule has 24 heavy (non-hydrogen) atoms. The van der Waals surface area contributed by atoms with Gasteiger partial charge in [0.15, 0.2) is 0 Å². The third-order valence-corrected chi connectivity index (χ3v) is 6.44. The predicted molar refractivity (Wildman–Crippen MR) is 95.1 cm³/mol. The lowest BCUT2D eigenvalue weighted by molar-refractivity contribution is -0.00871. The minimum atomic E-state index is -0.300. The van der Waals surface area contributed by atoms with Gasteiger partial charge in [-0.25, -0.2) is 4.79 Å². The molecule has 0 radical (unpaired) electrons. The Morgan fingerprint density at radius 1 is 1.21 bits per heavy atom. The number of carbonyl (C=O) groups is 1. The van der Waals surface area contributed by atoms with Gasteiger partial charge in [0.1, 0.15) is 6.10 Å². The molecule has 130 valence electrons. The van der Waals surface area contributed by atoms with Crippen LogP contribution in [0, 0.1) is 18.8 Å². The van der Waals surface area contributed by atoms with Gasteiger partial charge in [-0.2, -0.15) is 0 Å². The molecule has 1 aliphatic carbocycles. The minimum absolute atomic E-state index is 0.0796. The molecule has 3 fully saturated rings. The first kappa shape index (κ1) is 15.9. The largest absolute Gasteiger partial charge is 0.446 e. The van der Waals surface area contributed by atoms with E-state index in [1.54, 1.807) is 0 Å². The van der Waals surface area contributed by atoms with Gasteiger partial charge < -0.3 is 4.74 Å². The Bertz CT molecular complexity index is 600. The highest BCUT2D eigenvalue weighted by atomic mass is 16.6. The van der Waals surface area contributed by atoms with Gasteiger partial charge in [-0.3, -0.25) is 10.2 Å². The zero-order valence-corrected chi connectivity index (χ0v) is 14.7. The monoisotopic (exact) mass is 328 g/mol. The summed E-state index contributed by atoms with van der Waals surface area (Å²) in [5, 5.41) is 2.88. The first-order valence-corrected chi connectivity index (χ1v) is 9.42. The number of carbonyl (C=O) groups excluding carboxylic acids is 1. The fourth-order valence-corrected chi connectivity index (χ4v) is 5.14. The Morgan fingerprint density at radius 3 is 2.79 bits per heavy atom. The number of nitrogens with zero attached hydrogens (tertiary/aromatic N) is 1. The van der Waals surface area contributed by atoms with E-state index in [2.05, 4.69) is 17.1 Å². The number of aryl methyl sites for hydroxylation is 1. The molecule has 4 nitrogen and oxygen atoms in total. The molecule has 0 spiro atoms. The van der Waals surface area contributed by atoms with E-state index in [0.717, 1.165) is 12.1 Å². The molecule has 2 heterocycles. The zero-order valence-electron chi connectivity index (χ0n) is 14.7. The van der Waals surface area contributed by atoms with E-state index >= 15 is 0 Å². The lowest BCUT2D eigenvalue weighted by atomic mass is 9.81. The highest BCUT2D eigenvalue weighted by Gasteiger charge is 2.51. The molecule has 3 aliphatic rings. The zero-order chi connectivity index (χ0) is 16.7. The third-order valence-electron chi connectivity index (χ3n) is 6.44. The summed E-state index contributed by atoms with van der Waals surface area (Å²) < 4.78 is 5.88. The van der Waals surface area contributed by atoms with Crippen molar-refractivity contribution in [3.8, 4) is 0 Å². The molecule has 5 atom stereocenters. The Morgan fingerprint density at radius 2 is 2.00 bits per heavy atom. The quantitative estimate of drug-likeness (QED) is 0.885. The molecule has 1 saturated carbocycles. The van der Waals surface area contributed by atoms with E-state index in [9.17, 15) is 4.79 Å². The van der Waals surface area contributed by atoms with Crippen LogP contribution in [0.1, 0.15) is 44.6 Å². The fourth-order valence-electron chi connectivity index (χ4n) is 5.14. The summed E-state index contributed by atoms with van der Waals surface area (Å²) in [5.41, 5.74) is 1.99. The summed E-state index contributed by atoms with van der Waals surface area (Å²) in [7, 11) is 0. The van der Waals surface area contributed by atoms with Crippen molar-refractivity contribution < 1.29 is 9.53 Å². The van der Waals surface area contributed by atoms with Crippen molar-refractivity contribution in [2.24, 2.45) is 11.8 Å². The van der Waals surface area contributed by atoms with E-state index in [1.807, 2.05) is 31.2 Å². The second-order valence-electron chi connectivity index (χ2n) is 7.87. The van der Waals surface area contributed by atoms with Gasteiger partial charge in [-0.05, 0) is 64.1 Å². The standard InChI is InChI=1S/C20H28N2O2/c1-13-6-8-16(9-7-13)21-20(23)24-19-12-15-11-17(19)18-5-3-4-10-22(18)14(15)2/h6-9,14-15,17-19H,3-5,10-12H2,1-2H3,(H,21,23)/t14-,15?,17?,18+,19?/m0/s1. The summed E-state index contributed by atoms with van der Waals surface area (Å²) in [4.78, 5) is 15.0. The number of fused-ring (bicyclic) bond motifs is 4. The van der Waals surface area contributed by atoms with Crippen molar-refractivity contribution in [2.45, 2.75) is 64.1 Å². The van der Waals surface area contributed by atoms with Crippen LogP contribution >= 0.6 is 0 Å². The Labute approximate surface area is 144 Å². The average Bonchev–Trinajstić information content (AvgIpc) is 2.95. The molecule has 0 aromatic heterocycles. The molecule has 1 amide bonds. The molecule has 4 rings (SSSR count). The second kappa shape index (κ2) is 6.40. The van der Waals surface area contributed by atoms with Crippen molar-refractivity contribution in [1.82, 2.24) is 4.90 Å². The number of rotatable bonds is 2. The number of ether oxygens (including phenoxy) is 1. The number of benzene rings is 1. The van der Waals surface area contributed by atoms with E-state index in [-0.39, 0.29) is 12.2 Å². The summed E-state index contributed by atoms with van der Waals surface area (Å²) in [5.74, 6) is 1.21. The number of nitrogens with one attached hydrogen (secondary N) is 1. The lowest BCUT2D eigenvalue weighted by Crippen LogP contribution is -2.54. The van der Waals surface area contributed by atoms with E-state index in [1.165, 1.54) is 37.8 Å². The Balaban J connectivity index is 1.41. The van der Waals surface area contributed by atoms with Crippen molar-refractivity contribution in [2.75, 3.05) is 11.9 Å². The maximum absolute atomic E-state index is 12.3. The second-order valence-corrected chi connectivity index (χ2v) is 7.87. The topological polar surface area (TPSA) is 41.6 Å². The number of anilines is 1. The summed E-state index contributed by atoms with van der Waals surface area (Å²) in [6.07, 6.45) is 5.94. The van der Waals surface area contributed by atoms with Crippen LogP contribution in [0.4, 0.5) is 10.5 Å². The SMILES string of the molecule is Cc1ccc(NC(=O)OC2CC3CC2[C@H]2CCCCN2[C@H]3C)cc1. The molecular formula is C20H28N2O2. The van der Waals surface area contributed by atoms with Gasteiger partial charge >= 0.3 is 6.09 Å². The number of amides is 1. The molecule has 1 aromatic carbocycles. The molecule has 3 unspecified atom stereocenters. The van der Waals surface area contributed by atoms with Gasteiger partial charge in [0, 0.05) is 23.7 Å². The predicted octanol–water partition coefficient (Wildman–Crippen LogP) is 4.19. The maximum Gasteiger partial charge on any atom is 0.411 e. The van der Waals surface area contributed by atoms with Crippen LogP contribution in [0.15, 0.2) is 24.3 Å². The van der Waals surface area contributed by atoms with Gasteiger partial charge in [0.25, 0.3) is 0 Å². The highest BCUT2D eigenvalue weighted by Crippen LogP contribution is 2.48.